The molecular formula is C27H24ClN3O2. The van der Waals surface area contributed by atoms with Crippen molar-refractivity contribution in [2.45, 2.75) is 11.8 Å². The minimum absolute atomic E-state index is 0.00636. The van der Waals surface area contributed by atoms with Crippen LogP contribution in [0, 0.1) is 5.41 Å². The van der Waals surface area contributed by atoms with Crippen molar-refractivity contribution in [2.75, 3.05) is 6.54 Å². The van der Waals surface area contributed by atoms with Gasteiger partial charge in [0.05, 0.1) is 17.3 Å². The summed E-state index contributed by atoms with van der Waals surface area (Å²) >= 11 is 6.29. The molecule has 0 fully saturated rings. The van der Waals surface area contributed by atoms with E-state index in [0.717, 1.165) is 21.9 Å². The van der Waals surface area contributed by atoms with Gasteiger partial charge in [0.15, 0.2) is 0 Å². The molecule has 0 bridgehead atoms. The number of benzene rings is 4. The molecule has 0 heterocycles. The third-order valence-corrected chi connectivity index (χ3v) is 6.04. The topological polar surface area (TPSA) is 99.2 Å². The number of halogens is 1. The van der Waals surface area contributed by atoms with Gasteiger partial charge in [0, 0.05) is 17.5 Å². The fourth-order valence-corrected chi connectivity index (χ4v) is 4.45. The van der Waals surface area contributed by atoms with Crippen LogP contribution in [0.1, 0.15) is 33.3 Å². The van der Waals surface area contributed by atoms with Crippen LogP contribution in [0.15, 0.2) is 91.0 Å². The van der Waals surface area contributed by atoms with Crippen LogP contribution in [0.3, 0.4) is 0 Å². The molecule has 2 atom stereocenters. The lowest BCUT2D eigenvalue weighted by molar-refractivity contribution is 0.0948. The molecule has 0 aliphatic heterocycles. The fraction of sp³-hybridized carbons (Fsp3) is 0.111. The second-order valence-corrected chi connectivity index (χ2v) is 8.33. The van der Waals surface area contributed by atoms with Gasteiger partial charge in [-0.2, -0.15) is 0 Å². The number of hydrogen-bond donors (Lipinski definition) is 4. The average molecular weight is 458 g/mol. The van der Waals surface area contributed by atoms with Gasteiger partial charge in [0.2, 0.25) is 0 Å². The Morgan fingerprint density at radius 3 is 2.42 bits per heavy atom. The molecule has 4 rings (SSSR count). The molecule has 0 aromatic heterocycles. The zero-order valence-electron chi connectivity index (χ0n) is 17.8. The number of carbonyl (C=O) groups excluding carboxylic acids is 1. The van der Waals surface area contributed by atoms with Crippen LogP contribution in [0.25, 0.3) is 10.8 Å². The van der Waals surface area contributed by atoms with Crippen LogP contribution >= 0.6 is 11.6 Å². The highest BCUT2D eigenvalue weighted by Gasteiger charge is 2.30. The lowest BCUT2D eigenvalue weighted by Crippen LogP contribution is -2.35. The molecule has 2 unspecified atom stereocenters. The van der Waals surface area contributed by atoms with Crippen molar-refractivity contribution in [1.82, 2.24) is 5.32 Å². The largest absolute Gasteiger partial charge is 0.507 e. The summed E-state index contributed by atoms with van der Waals surface area (Å²) in [5.41, 5.74) is 8.12. The van der Waals surface area contributed by atoms with E-state index in [4.69, 9.17) is 22.7 Å². The van der Waals surface area contributed by atoms with Gasteiger partial charge in [-0.15, -0.1) is 0 Å². The average Bonchev–Trinajstić information content (AvgIpc) is 2.81. The van der Waals surface area contributed by atoms with E-state index >= 15 is 0 Å². The van der Waals surface area contributed by atoms with Crippen LogP contribution in [0.2, 0.25) is 5.02 Å². The van der Waals surface area contributed by atoms with E-state index in [1.807, 2.05) is 60.7 Å². The molecule has 6 heteroatoms. The number of fused-ring (bicyclic) bond motifs is 1. The Morgan fingerprint density at radius 1 is 0.970 bits per heavy atom. The minimum Gasteiger partial charge on any atom is -0.507 e. The number of nitrogens with two attached hydrogens (primary N) is 1. The first-order valence-electron chi connectivity index (χ1n) is 10.6. The van der Waals surface area contributed by atoms with Crippen LogP contribution in [0.5, 0.6) is 5.75 Å². The minimum atomic E-state index is -0.501. The maximum Gasteiger partial charge on any atom is 0.255 e. The number of aromatic hydroxyl groups is 1. The molecule has 5 N–H and O–H groups in total. The summed E-state index contributed by atoms with van der Waals surface area (Å²) in [5, 5.41) is 24.1. The number of nitrogens with one attached hydrogen (secondary N) is 2. The lowest BCUT2D eigenvalue weighted by atomic mass is 9.78. The van der Waals surface area contributed by atoms with Crippen LogP contribution in [-0.4, -0.2) is 23.4 Å². The summed E-state index contributed by atoms with van der Waals surface area (Å²) in [7, 11) is 0. The smallest absolute Gasteiger partial charge is 0.255 e. The summed E-state index contributed by atoms with van der Waals surface area (Å²) in [6, 6.07) is 27.6. The first-order chi connectivity index (χ1) is 16.0. The molecule has 33 heavy (non-hydrogen) atoms. The summed E-state index contributed by atoms with van der Waals surface area (Å²) in [6.45, 7) is 0.195. The van der Waals surface area contributed by atoms with Gasteiger partial charge in [0.25, 0.3) is 5.91 Å². The van der Waals surface area contributed by atoms with Gasteiger partial charge in [-0.05, 0) is 46.2 Å². The Labute approximate surface area is 197 Å². The fourth-order valence-electron chi connectivity index (χ4n) is 4.25. The monoisotopic (exact) mass is 457 g/mol. The van der Waals surface area contributed by atoms with Gasteiger partial charge < -0.3 is 16.2 Å². The molecule has 166 valence electrons. The van der Waals surface area contributed by atoms with Crippen molar-refractivity contribution in [3.05, 3.63) is 113 Å². The van der Waals surface area contributed by atoms with Crippen molar-refractivity contribution in [1.29, 1.82) is 5.41 Å². The highest BCUT2D eigenvalue weighted by molar-refractivity contribution is 6.30. The normalized spacial score (nSPS) is 12.8. The molecular weight excluding hydrogens is 434 g/mol. The Bertz CT molecular complexity index is 1320. The van der Waals surface area contributed by atoms with E-state index in [2.05, 4.69) is 5.32 Å². The summed E-state index contributed by atoms with van der Waals surface area (Å²) < 4.78 is 0. The van der Waals surface area contributed by atoms with Crippen LogP contribution < -0.4 is 11.1 Å². The van der Waals surface area contributed by atoms with E-state index in [1.54, 1.807) is 24.3 Å². The van der Waals surface area contributed by atoms with Crippen molar-refractivity contribution < 1.29 is 9.90 Å². The van der Waals surface area contributed by atoms with Crippen molar-refractivity contribution in [3.8, 4) is 5.75 Å². The highest BCUT2D eigenvalue weighted by atomic mass is 35.5. The van der Waals surface area contributed by atoms with E-state index < -0.39 is 11.8 Å². The zero-order valence-corrected chi connectivity index (χ0v) is 18.6. The number of carbonyl (C=O) groups is 1. The van der Waals surface area contributed by atoms with E-state index in [0.29, 0.717) is 5.02 Å². The Kier molecular flexibility index (Phi) is 6.61. The van der Waals surface area contributed by atoms with Crippen LogP contribution in [0.4, 0.5) is 0 Å². The van der Waals surface area contributed by atoms with Crippen molar-refractivity contribution >= 4 is 34.1 Å². The van der Waals surface area contributed by atoms with Gasteiger partial charge in [-0.1, -0.05) is 78.3 Å². The lowest BCUT2D eigenvalue weighted by Gasteiger charge is -2.29. The number of hydrogen-bond acceptors (Lipinski definition) is 3. The van der Waals surface area contributed by atoms with Gasteiger partial charge in [-0.3, -0.25) is 10.2 Å². The Hall–Kier alpha value is -3.83. The molecule has 0 aliphatic rings. The van der Waals surface area contributed by atoms with E-state index in [9.17, 15) is 9.90 Å². The first-order valence-corrected chi connectivity index (χ1v) is 11.0. The molecule has 1 amide bonds. The van der Waals surface area contributed by atoms with Crippen LogP contribution in [-0.2, 0) is 0 Å². The zero-order chi connectivity index (χ0) is 23.4. The number of phenolic OH excluding ortho intramolecular Hbond substituents is 1. The molecule has 4 aromatic rings. The third-order valence-electron chi connectivity index (χ3n) is 5.80. The van der Waals surface area contributed by atoms with Gasteiger partial charge in [-0.25, -0.2) is 0 Å². The number of amides is 1. The quantitative estimate of drug-likeness (QED) is 0.220. The Balaban J connectivity index is 1.76. The van der Waals surface area contributed by atoms with Crippen molar-refractivity contribution in [2.24, 2.45) is 5.73 Å². The maximum absolute atomic E-state index is 12.8. The summed E-state index contributed by atoms with van der Waals surface area (Å²) in [5.74, 6) is -1.36. The molecule has 0 aliphatic carbocycles. The molecule has 4 aromatic carbocycles. The molecule has 0 saturated heterocycles. The second kappa shape index (κ2) is 9.76. The number of phenols is 1. The molecule has 5 nitrogen and oxygen atoms in total. The maximum atomic E-state index is 12.8. The third kappa shape index (κ3) is 4.83. The standard InChI is InChI=1S/C27H24ClN3O2/c28-19-10-5-9-18(15-19)23(16-31-27(33)22-12-3-4-14-24(22)32)25(26(29)30)21-13-6-8-17-7-1-2-11-20(17)21/h1-15,23,25,32H,16H2,(H3,29,30)(H,31,33). The van der Waals surface area contributed by atoms with E-state index in [-0.39, 0.29) is 29.6 Å². The summed E-state index contributed by atoms with van der Waals surface area (Å²) in [6.07, 6.45) is 0. The molecule has 0 saturated carbocycles. The van der Waals surface area contributed by atoms with Crippen molar-refractivity contribution in [3.63, 3.8) is 0 Å². The first kappa shape index (κ1) is 22.4. The van der Waals surface area contributed by atoms with E-state index in [1.165, 1.54) is 6.07 Å². The number of rotatable bonds is 7. The predicted octanol–water partition coefficient (Wildman–Crippen LogP) is 5.43. The summed E-state index contributed by atoms with van der Waals surface area (Å²) in [4.78, 5) is 12.8. The van der Waals surface area contributed by atoms with Gasteiger partial charge in [0.1, 0.15) is 5.75 Å². The molecule has 0 radical (unpaired) electrons. The number of amidine groups is 1. The highest BCUT2D eigenvalue weighted by Crippen LogP contribution is 2.37. The molecule has 0 spiro atoms. The number of para-hydroxylation sites is 1. The second-order valence-electron chi connectivity index (χ2n) is 7.89. The Morgan fingerprint density at radius 2 is 1.67 bits per heavy atom. The van der Waals surface area contributed by atoms with Gasteiger partial charge >= 0.3 is 0 Å². The predicted molar refractivity (Wildman–Crippen MR) is 133 cm³/mol. The SMILES string of the molecule is N=C(N)C(c1cccc2ccccc12)C(CNC(=O)c1ccccc1O)c1cccc(Cl)c1.